The van der Waals surface area contributed by atoms with Crippen LogP contribution in [0.5, 0.6) is 0 Å². The molecule has 0 saturated heterocycles. The smallest absolute Gasteiger partial charge is 0.330 e. The van der Waals surface area contributed by atoms with Crippen LogP contribution < -0.4 is 21.9 Å². The van der Waals surface area contributed by atoms with Crippen molar-refractivity contribution in [1.29, 1.82) is 0 Å². The molecule has 0 aromatic carbocycles. The highest BCUT2D eigenvalue weighted by Crippen LogP contribution is 2.27. The van der Waals surface area contributed by atoms with Crippen LogP contribution in [0.2, 0.25) is 0 Å². The largest absolute Gasteiger partial charge is 0.383 e. The number of nitrogens with zero attached hydrogens (tertiary/aromatic N) is 3. The number of rotatable bonds is 9. The quantitative estimate of drug-likeness (QED) is 0.521. The molecule has 0 unspecified atom stereocenters. The summed E-state index contributed by atoms with van der Waals surface area (Å²) in [5.74, 6) is -0.394. The van der Waals surface area contributed by atoms with Crippen molar-refractivity contribution in [2.75, 3.05) is 17.2 Å². The first-order valence-corrected chi connectivity index (χ1v) is 11.7. The Morgan fingerprint density at radius 1 is 1.23 bits per heavy atom. The van der Waals surface area contributed by atoms with Crippen LogP contribution in [0.4, 0.5) is 11.5 Å². The van der Waals surface area contributed by atoms with Crippen LogP contribution in [-0.2, 0) is 6.54 Å². The van der Waals surface area contributed by atoms with Gasteiger partial charge in [0.15, 0.2) is 5.69 Å². The molecule has 3 aromatic rings. The van der Waals surface area contributed by atoms with E-state index in [-0.39, 0.29) is 17.2 Å². The Kier molecular flexibility index (Phi) is 7.22. The van der Waals surface area contributed by atoms with Crippen molar-refractivity contribution in [2.24, 2.45) is 0 Å². The predicted octanol–water partition coefficient (Wildman–Crippen LogP) is 3.55. The van der Waals surface area contributed by atoms with E-state index in [9.17, 15) is 14.4 Å². The van der Waals surface area contributed by atoms with Crippen molar-refractivity contribution < 1.29 is 4.79 Å². The fourth-order valence-corrected chi connectivity index (χ4v) is 4.54. The summed E-state index contributed by atoms with van der Waals surface area (Å²) in [6.45, 7) is 4.67. The molecular formula is C20H25N5O3S2. The van der Waals surface area contributed by atoms with Gasteiger partial charge in [-0.1, -0.05) is 26.7 Å². The van der Waals surface area contributed by atoms with Gasteiger partial charge in [0.05, 0.1) is 0 Å². The van der Waals surface area contributed by atoms with E-state index in [1.807, 2.05) is 30.7 Å². The maximum absolute atomic E-state index is 13.3. The summed E-state index contributed by atoms with van der Waals surface area (Å²) >= 11 is 2.93. The zero-order valence-corrected chi connectivity index (χ0v) is 18.6. The summed E-state index contributed by atoms with van der Waals surface area (Å²) in [7, 11) is 0. The Balaban J connectivity index is 2.03. The summed E-state index contributed by atoms with van der Waals surface area (Å²) in [5.41, 5.74) is 6.22. The number of hydrogen-bond donors (Lipinski definition) is 2. The van der Waals surface area contributed by atoms with E-state index in [1.54, 1.807) is 16.7 Å². The maximum atomic E-state index is 13.3. The number of aromatic nitrogens is 3. The van der Waals surface area contributed by atoms with Crippen molar-refractivity contribution in [1.82, 2.24) is 14.5 Å². The summed E-state index contributed by atoms with van der Waals surface area (Å²) in [6.07, 6.45) is 3.10. The van der Waals surface area contributed by atoms with Gasteiger partial charge in [-0.15, -0.1) is 11.3 Å². The number of anilines is 2. The Morgan fingerprint density at radius 2 is 2.00 bits per heavy atom. The molecule has 3 rings (SSSR count). The second-order valence-electron chi connectivity index (χ2n) is 6.86. The van der Waals surface area contributed by atoms with Crippen LogP contribution >= 0.6 is 22.7 Å². The molecule has 0 radical (unpaired) electrons. The number of unbranched alkanes of at least 4 members (excludes halogenated alkanes) is 2. The topological polar surface area (TPSA) is 114 Å². The highest BCUT2D eigenvalue weighted by molar-refractivity contribution is 7.14. The van der Waals surface area contributed by atoms with Crippen molar-refractivity contribution in [3.8, 4) is 10.6 Å². The molecule has 0 saturated carbocycles. The fourth-order valence-electron chi connectivity index (χ4n) is 3.04. The third-order valence-corrected chi connectivity index (χ3v) is 6.27. The first-order chi connectivity index (χ1) is 14.5. The zero-order valence-electron chi connectivity index (χ0n) is 17.0. The van der Waals surface area contributed by atoms with E-state index in [1.165, 1.54) is 20.8 Å². The molecule has 0 bridgehead atoms. The van der Waals surface area contributed by atoms with Crippen LogP contribution in [0.3, 0.4) is 0 Å². The number of hydrogen-bond acceptors (Lipinski definition) is 7. The summed E-state index contributed by atoms with van der Waals surface area (Å²) < 4.78 is 1.32. The second-order valence-corrected chi connectivity index (χ2v) is 8.50. The maximum Gasteiger partial charge on any atom is 0.330 e. The number of carbonyl (C=O) groups excluding carboxylic acids is 1. The van der Waals surface area contributed by atoms with Gasteiger partial charge >= 0.3 is 5.69 Å². The van der Waals surface area contributed by atoms with Crippen LogP contribution in [0, 0.1) is 0 Å². The molecule has 0 fully saturated rings. The number of nitrogens with two attached hydrogens (primary N) is 1. The summed E-state index contributed by atoms with van der Waals surface area (Å²) in [4.78, 5) is 46.4. The number of thiazole rings is 1. The van der Waals surface area contributed by atoms with E-state index < -0.39 is 17.2 Å². The lowest BCUT2D eigenvalue weighted by molar-refractivity contribution is 0.0982. The molecule has 160 valence electrons. The lowest BCUT2D eigenvalue weighted by Gasteiger charge is -2.23. The molecule has 0 aliphatic carbocycles. The van der Waals surface area contributed by atoms with Crippen LogP contribution in [-0.4, -0.2) is 27.0 Å². The molecule has 3 heterocycles. The number of carbonyl (C=O) groups is 1. The standard InChI is InChI=1S/C20H25N5O3S2/c1-3-5-8-24(15-16(21)25(9-6-4-2)20(28)23-17(15)26)19(27)14-12-30-18(22-14)13-7-10-29-11-13/h7,10-12H,3-6,8-9,21H2,1-2H3,(H,23,26,28). The number of aromatic amines is 1. The van der Waals surface area contributed by atoms with Gasteiger partial charge in [-0.2, -0.15) is 11.3 Å². The Hall–Kier alpha value is -2.72. The Morgan fingerprint density at radius 3 is 2.67 bits per heavy atom. The molecule has 3 aromatic heterocycles. The SMILES string of the molecule is CCCCN(C(=O)c1csc(-c2ccsc2)n1)c1c(N)n(CCCC)c(=O)[nH]c1=O. The average Bonchev–Trinajstić information content (AvgIpc) is 3.41. The van der Waals surface area contributed by atoms with E-state index in [0.29, 0.717) is 19.5 Å². The van der Waals surface area contributed by atoms with Crippen LogP contribution in [0.25, 0.3) is 10.6 Å². The van der Waals surface area contributed by atoms with Crippen molar-refractivity contribution in [3.05, 3.63) is 48.7 Å². The summed E-state index contributed by atoms with van der Waals surface area (Å²) in [5, 5.41) is 6.34. The lowest BCUT2D eigenvalue weighted by atomic mass is 10.2. The Bertz CT molecular complexity index is 1110. The third kappa shape index (κ3) is 4.54. The monoisotopic (exact) mass is 447 g/mol. The minimum Gasteiger partial charge on any atom is -0.383 e. The van der Waals surface area contributed by atoms with Gasteiger partial charge in [0.1, 0.15) is 16.5 Å². The van der Waals surface area contributed by atoms with Gasteiger partial charge in [-0.25, -0.2) is 9.78 Å². The predicted molar refractivity (Wildman–Crippen MR) is 123 cm³/mol. The molecule has 8 nitrogen and oxygen atoms in total. The number of nitrogen functional groups attached to an aromatic ring is 1. The molecule has 10 heteroatoms. The molecule has 0 spiro atoms. The van der Waals surface area contributed by atoms with Crippen LogP contribution in [0.1, 0.15) is 50.0 Å². The third-order valence-electron chi connectivity index (χ3n) is 4.69. The highest BCUT2D eigenvalue weighted by Gasteiger charge is 2.26. The van der Waals surface area contributed by atoms with E-state index in [4.69, 9.17) is 5.73 Å². The fraction of sp³-hybridized carbons (Fsp3) is 0.400. The number of thiophene rings is 1. The molecule has 0 aliphatic heterocycles. The van der Waals surface area contributed by atoms with Gasteiger partial charge < -0.3 is 5.73 Å². The normalized spacial score (nSPS) is 11.0. The van der Waals surface area contributed by atoms with E-state index >= 15 is 0 Å². The van der Waals surface area contributed by atoms with Gasteiger partial charge in [0.2, 0.25) is 0 Å². The first-order valence-electron chi connectivity index (χ1n) is 9.90. The van der Waals surface area contributed by atoms with Gasteiger partial charge in [-0.3, -0.25) is 24.0 Å². The average molecular weight is 448 g/mol. The summed E-state index contributed by atoms with van der Waals surface area (Å²) in [6, 6.07) is 1.94. The van der Waals surface area contributed by atoms with Gasteiger partial charge in [0.25, 0.3) is 11.5 Å². The molecule has 30 heavy (non-hydrogen) atoms. The van der Waals surface area contributed by atoms with E-state index in [0.717, 1.165) is 29.8 Å². The molecule has 0 atom stereocenters. The van der Waals surface area contributed by atoms with Crippen molar-refractivity contribution in [3.63, 3.8) is 0 Å². The second kappa shape index (κ2) is 9.86. The van der Waals surface area contributed by atoms with Crippen molar-refractivity contribution >= 4 is 40.1 Å². The van der Waals surface area contributed by atoms with Crippen molar-refractivity contribution in [2.45, 2.75) is 46.1 Å². The number of nitrogens with one attached hydrogen (secondary N) is 1. The number of amides is 1. The van der Waals surface area contributed by atoms with Crippen LogP contribution in [0.15, 0.2) is 31.8 Å². The Labute approximate surface area is 182 Å². The molecule has 1 amide bonds. The minimum absolute atomic E-state index is 0.00855. The van der Waals surface area contributed by atoms with Gasteiger partial charge in [0, 0.05) is 29.4 Å². The minimum atomic E-state index is -0.664. The highest BCUT2D eigenvalue weighted by atomic mass is 32.1. The zero-order chi connectivity index (χ0) is 21.7. The van der Waals surface area contributed by atoms with Gasteiger partial charge in [-0.05, 0) is 24.3 Å². The molecular weight excluding hydrogens is 422 g/mol. The molecule has 3 N–H and O–H groups in total. The molecule has 0 aliphatic rings. The first kappa shape index (κ1) is 22.0. The van der Waals surface area contributed by atoms with E-state index in [2.05, 4.69) is 9.97 Å². The number of H-pyrrole nitrogens is 1. The lowest BCUT2D eigenvalue weighted by Crippen LogP contribution is -2.41.